The van der Waals surface area contributed by atoms with Gasteiger partial charge in [-0.15, -0.1) is 0 Å². The molecule has 0 bridgehead atoms. The Labute approximate surface area is 125 Å². The Kier molecular flexibility index (Phi) is 6.30. The van der Waals surface area contributed by atoms with Gasteiger partial charge < -0.3 is 24.8 Å². The van der Waals surface area contributed by atoms with Gasteiger partial charge in [-0.25, -0.2) is 0 Å². The van der Waals surface area contributed by atoms with E-state index in [0.717, 1.165) is 16.1 Å². The molecule has 0 nitrogen and oxygen atoms in total. The van der Waals surface area contributed by atoms with Crippen LogP contribution in [0.2, 0.25) is 4.22 Å². The summed E-state index contributed by atoms with van der Waals surface area (Å²) in [6, 6.07) is 0. The van der Waals surface area contributed by atoms with Crippen molar-refractivity contribution in [2.24, 2.45) is 11.8 Å². The SMILES string of the molecule is C1=CC[C]([Ti+2][CH]2CCC3C=CC=CC32)=C1.[Cl-].[Cl-]. The quantitative estimate of drug-likeness (QED) is 0.511. The summed E-state index contributed by atoms with van der Waals surface area (Å²) in [7, 11) is 0. The van der Waals surface area contributed by atoms with Gasteiger partial charge >= 0.3 is 101 Å². The molecule has 3 rings (SSSR count). The maximum atomic E-state index is 2.47. The third-order valence-corrected chi connectivity index (χ3v) is 6.50. The first-order valence-corrected chi connectivity index (χ1v) is 7.59. The molecular formula is C14H16Cl2Ti. The maximum absolute atomic E-state index is 2.47. The normalized spacial score (nSPS) is 32.2. The third kappa shape index (κ3) is 3.38. The Morgan fingerprint density at radius 3 is 2.59 bits per heavy atom. The molecule has 0 N–H and O–H groups in total. The zero-order valence-electron chi connectivity index (χ0n) is 9.65. The average molecular weight is 303 g/mol. The molecule has 17 heavy (non-hydrogen) atoms. The summed E-state index contributed by atoms with van der Waals surface area (Å²) in [5.41, 5.74) is 0. The second-order valence-electron chi connectivity index (χ2n) is 4.66. The van der Waals surface area contributed by atoms with E-state index < -0.39 is 0 Å². The standard InChI is InChI=1S/C9H11.C5H5.2ClH.Ti/c1-2-5-9-7-3-6-8(9)4-1;1-2-4-5-3-1;;;/h1-2,4-6,8-9H,3,7H2;1-3H,4H2;2*1H;/q;;;;+2/p-2. The number of hydrogen-bond donors (Lipinski definition) is 0. The van der Waals surface area contributed by atoms with Crippen LogP contribution in [0.1, 0.15) is 19.3 Å². The van der Waals surface area contributed by atoms with Gasteiger partial charge in [-0.3, -0.25) is 0 Å². The van der Waals surface area contributed by atoms with Crippen molar-refractivity contribution in [1.29, 1.82) is 0 Å². The first-order valence-electron chi connectivity index (χ1n) is 5.91. The Morgan fingerprint density at radius 2 is 1.82 bits per heavy atom. The van der Waals surface area contributed by atoms with Crippen LogP contribution in [0.25, 0.3) is 0 Å². The number of allylic oxidation sites excluding steroid dienone is 8. The van der Waals surface area contributed by atoms with Gasteiger partial charge in [-0.2, -0.15) is 0 Å². The summed E-state index contributed by atoms with van der Waals surface area (Å²) in [6.45, 7) is 0. The van der Waals surface area contributed by atoms with E-state index in [2.05, 4.69) is 42.5 Å². The van der Waals surface area contributed by atoms with Crippen molar-refractivity contribution in [3.05, 3.63) is 46.4 Å². The molecule has 1 fully saturated rings. The van der Waals surface area contributed by atoms with Crippen molar-refractivity contribution in [1.82, 2.24) is 0 Å². The molecule has 0 radical (unpaired) electrons. The fourth-order valence-corrected chi connectivity index (χ4v) is 5.67. The van der Waals surface area contributed by atoms with Crippen LogP contribution in [-0.4, -0.2) is 0 Å². The van der Waals surface area contributed by atoms with Crippen molar-refractivity contribution < 1.29 is 44.0 Å². The van der Waals surface area contributed by atoms with Gasteiger partial charge in [-0.05, 0) is 0 Å². The second-order valence-corrected chi connectivity index (χ2v) is 7.28. The molecule has 3 aliphatic carbocycles. The predicted molar refractivity (Wildman–Crippen MR) is 60.1 cm³/mol. The molecule has 3 heteroatoms. The van der Waals surface area contributed by atoms with E-state index in [1.54, 1.807) is 3.88 Å². The van der Waals surface area contributed by atoms with Crippen LogP contribution in [-0.2, 0) is 19.2 Å². The fraction of sp³-hybridized carbons (Fsp3) is 0.429. The number of halogens is 2. The van der Waals surface area contributed by atoms with Crippen LogP contribution in [0.4, 0.5) is 0 Å². The van der Waals surface area contributed by atoms with Crippen LogP contribution in [0.5, 0.6) is 0 Å². The zero-order chi connectivity index (χ0) is 10.1. The molecule has 0 heterocycles. The molecule has 0 aliphatic heterocycles. The van der Waals surface area contributed by atoms with Crippen molar-refractivity contribution in [3.8, 4) is 0 Å². The Bertz CT molecular complexity index is 368. The molecular weight excluding hydrogens is 287 g/mol. The molecule has 0 saturated heterocycles. The minimum Gasteiger partial charge on any atom is -1.00 e. The Morgan fingerprint density at radius 1 is 1.00 bits per heavy atom. The zero-order valence-corrected chi connectivity index (χ0v) is 12.7. The second kappa shape index (κ2) is 6.99. The first kappa shape index (κ1) is 15.3. The smallest absolute Gasteiger partial charge is 1.00 e. The van der Waals surface area contributed by atoms with Crippen LogP contribution in [0.15, 0.2) is 46.4 Å². The molecule has 0 aromatic heterocycles. The van der Waals surface area contributed by atoms with Crippen molar-refractivity contribution in [2.75, 3.05) is 0 Å². The minimum atomic E-state index is 0. The van der Waals surface area contributed by atoms with Gasteiger partial charge in [0, 0.05) is 0 Å². The number of rotatable bonds is 2. The number of fused-ring (bicyclic) bond motifs is 1. The summed E-state index contributed by atoms with van der Waals surface area (Å²) in [4.78, 5) is 0. The molecule has 0 spiro atoms. The summed E-state index contributed by atoms with van der Waals surface area (Å²) >= 11 is 0.143. The number of hydrogen-bond acceptors (Lipinski definition) is 0. The van der Waals surface area contributed by atoms with Gasteiger partial charge in [0.1, 0.15) is 0 Å². The topological polar surface area (TPSA) is 0 Å². The van der Waals surface area contributed by atoms with Crippen molar-refractivity contribution >= 4 is 0 Å². The van der Waals surface area contributed by atoms with Crippen LogP contribution < -0.4 is 24.8 Å². The monoisotopic (exact) mass is 302 g/mol. The summed E-state index contributed by atoms with van der Waals surface area (Å²) < 4.78 is 2.80. The molecule has 1 saturated carbocycles. The van der Waals surface area contributed by atoms with E-state index in [1.807, 2.05) is 0 Å². The van der Waals surface area contributed by atoms with E-state index >= 15 is 0 Å². The molecule has 0 amide bonds. The molecule has 90 valence electrons. The largest absolute Gasteiger partial charge is 1.00 e. The summed E-state index contributed by atoms with van der Waals surface area (Å²) in [6.07, 6.45) is 20.5. The Balaban J connectivity index is 0.000000722. The fourth-order valence-electron chi connectivity index (χ4n) is 2.92. The van der Waals surface area contributed by atoms with Crippen LogP contribution in [0.3, 0.4) is 0 Å². The summed E-state index contributed by atoms with van der Waals surface area (Å²) in [5.74, 6) is 1.76. The van der Waals surface area contributed by atoms with Gasteiger partial charge in [0.15, 0.2) is 0 Å². The molecule has 0 aromatic rings. The molecule has 0 aromatic carbocycles. The van der Waals surface area contributed by atoms with Crippen molar-refractivity contribution in [3.63, 3.8) is 0 Å². The maximum Gasteiger partial charge on any atom is -1.00 e. The van der Waals surface area contributed by atoms with Crippen LogP contribution in [0, 0.1) is 11.8 Å². The van der Waals surface area contributed by atoms with E-state index in [9.17, 15) is 0 Å². The van der Waals surface area contributed by atoms with E-state index in [4.69, 9.17) is 0 Å². The molecule has 3 unspecified atom stereocenters. The van der Waals surface area contributed by atoms with Crippen molar-refractivity contribution in [2.45, 2.75) is 23.5 Å². The van der Waals surface area contributed by atoms with Gasteiger partial charge in [0.25, 0.3) is 0 Å². The molecule has 3 aliphatic rings. The molecule has 3 atom stereocenters. The van der Waals surface area contributed by atoms with E-state index in [1.165, 1.54) is 19.3 Å². The van der Waals surface area contributed by atoms with Gasteiger partial charge in [0.2, 0.25) is 0 Å². The Hall–Kier alpha value is 0.254. The first-order chi connectivity index (χ1) is 7.43. The van der Waals surface area contributed by atoms with E-state index in [0.29, 0.717) is 0 Å². The summed E-state index contributed by atoms with van der Waals surface area (Å²) in [5, 5.41) is 0. The van der Waals surface area contributed by atoms with E-state index in [-0.39, 0.29) is 44.0 Å². The average Bonchev–Trinajstić information content (AvgIpc) is 2.89. The van der Waals surface area contributed by atoms with Crippen LogP contribution >= 0.6 is 0 Å². The predicted octanol–water partition coefficient (Wildman–Crippen LogP) is -2.14. The minimum absolute atomic E-state index is 0. The van der Waals surface area contributed by atoms with Gasteiger partial charge in [0.05, 0.1) is 0 Å². The third-order valence-electron chi connectivity index (χ3n) is 3.71. The van der Waals surface area contributed by atoms with Gasteiger partial charge in [-0.1, -0.05) is 0 Å².